The van der Waals surface area contributed by atoms with Gasteiger partial charge in [0.25, 0.3) is 0 Å². The van der Waals surface area contributed by atoms with Gasteiger partial charge in [-0.05, 0) is 50.0 Å². The fourth-order valence-electron chi connectivity index (χ4n) is 2.59. The predicted molar refractivity (Wildman–Crippen MR) is 78.6 cm³/mol. The lowest BCUT2D eigenvalue weighted by molar-refractivity contribution is -0.117. The first-order valence-electron chi connectivity index (χ1n) is 7.18. The van der Waals surface area contributed by atoms with Gasteiger partial charge in [-0.15, -0.1) is 10.2 Å². The van der Waals surface area contributed by atoms with Gasteiger partial charge in [-0.3, -0.25) is 4.79 Å². The minimum absolute atomic E-state index is 0.0598. The van der Waals surface area contributed by atoms with Crippen LogP contribution < -0.4 is 10.6 Å². The lowest BCUT2D eigenvalue weighted by atomic mass is 9.94. The molecule has 6 heteroatoms. The summed E-state index contributed by atoms with van der Waals surface area (Å²) in [5, 5.41) is 13.8. The average molecular weight is 286 g/mol. The third kappa shape index (κ3) is 3.66. The summed E-state index contributed by atoms with van der Waals surface area (Å²) in [6, 6.07) is 7.43. The lowest BCUT2D eigenvalue weighted by Gasteiger charge is -2.21. The molecule has 1 aromatic carbocycles. The monoisotopic (exact) mass is 286 g/mol. The van der Waals surface area contributed by atoms with Crippen LogP contribution >= 0.6 is 0 Å². The molecule has 2 heterocycles. The van der Waals surface area contributed by atoms with E-state index in [9.17, 15) is 4.79 Å². The molecule has 3 rings (SSSR count). The molecule has 1 saturated heterocycles. The average Bonchev–Trinajstić information content (AvgIpc) is 3.02. The Morgan fingerprint density at radius 3 is 3.00 bits per heavy atom. The first-order chi connectivity index (χ1) is 10.3. The van der Waals surface area contributed by atoms with Gasteiger partial charge < -0.3 is 15.1 Å². The van der Waals surface area contributed by atoms with Gasteiger partial charge in [0, 0.05) is 17.7 Å². The molecule has 1 aromatic heterocycles. The van der Waals surface area contributed by atoms with E-state index in [1.165, 1.54) is 6.39 Å². The predicted octanol–water partition coefficient (Wildman–Crippen LogP) is 2.06. The van der Waals surface area contributed by atoms with Crippen LogP contribution in [0, 0.1) is 5.92 Å². The van der Waals surface area contributed by atoms with Crippen molar-refractivity contribution in [1.29, 1.82) is 0 Å². The van der Waals surface area contributed by atoms with Gasteiger partial charge in [0.1, 0.15) is 0 Å². The van der Waals surface area contributed by atoms with E-state index in [0.29, 0.717) is 18.2 Å². The van der Waals surface area contributed by atoms with Crippen molar-refractivity contribution in [2.75, 3.05) is 18.4 Å². The van der Waals surface area contributed by atoms with Crippen molar-refractivity contribution in [2.45, 2.75) is 19.3 Å². The number of nitrogens with zero attached hydrogens (tertiary/aromatic N) is 2. The van der Waals surface area contributed by atoms with Crippen molar-refractivity contribution in [1.82, 2.24) is 15.5 Å². The van der Waals surface area contributed by atoms with Crippen LogP contribution in [-0.2, 0) is 4.79 Å². The quantitative estimate of drug-likeness (QED) is 0.899. The highest BCUT2D eigenvalue weighted by atomic mass is 16.4. The number of carbonyl (C=O) groups is 1. The van der Waals surface area contributed by atoms with Crippen LogP contribution in [0.25, 0.3) is 11.5 Å². The van der Waals surface area contributed by atoms with E-state index in [2.05, 4.69) is 20.8 Å². The number of carbonyl (C=O) groups excluding carboxylic acids is 1. The molecule has 0 radical (unpaired) electrons. The highest BCUT2D eigenvalue weighted by molar-refractivity contribution is 5.91. The number of nitrogens with one attached hydrogen (secondary N) is 2. The summed E-state index contributed by atoms with van der Waals surface area (Å²) < 4.78 is 5.16. The standard InChI is InChI=1S/C15H18N4O2/c20-14(8-11-4-6-16-7-5-11)18-13-3-1-2-12(9-13)15-19-17-10-21-15/h1-3,9-11,16H,4-8H2,(H,18,20). The third-order valence-corrected chi connectivity index (χ3v) is 3.69. The number of anilines is 1. The topological polar surface area (TPSA) is 80.0 Å². The number of benzene rings is 1. The molecular weight excluding hydrogens is 268 g/mol. The van der Waals surface area contributed by atoms with Crippen LogP contribution in [0.3, 0.4) is 0 Å². The fraction of sp³-hybridized carbons (Fsp3) is 0.400. The van der Waals surface area contributed by atoms with E-state index >= 15 is 0 Å². The Hall–Kier alpha value is -2.21. The molecule has 1 aliphatic rings. The molecule has 21 heavy (non-hydrogen) atoms. The molecule has 0 saturated carbocycles. The number of rotatable bonds is 4. The third-order valence-electron chi connectivity index (χ3n) is 3.69. The molecule has 1 amide bonds. The van der Waals surface area contributed by atoms with Crippen molar-refractivity contribution < 1.29 is 9.21 Å². The van der Waals surface area contributed by atoms with Crippen molar-refractivity contribution in [3.8, 4) is 11.5 Å². The summed E-state index contributed by atoms with van der Waals surface area (Å²) >= 11 is 0. The Balaban J connectivity index is 1.62. The van der Waals surface area contributed by atoms with Gasteiger partial charge in [0.2, 0.25) is 18.2 Å². The molecule has 6 nitrogen and oxygen atoms in total. The SMILES string of the molecule is O=C(CC1CCNCC1)Nc1cccc(-c2nnco2)c1. The summed E-state index contributed by atoms with van der Waals surface area (Å²) in [6.07, 6.45) is 4.00. The summed E-state index contributed by atoms with van der Waals surface area (Å²) in [4.78, 5) is 12.1. The number of piperidine rings is 1. The smallest absolute Gasteiger partial charge is 0.247 e. The molecule has 0 aliphatic carbocycles. The fourth-order valence-corrected chi connectivity index (χ4v) is 2.59. The molecule has 1 fully saturated rings. The summed E-state index contributed by atoms with van der Waals surface area (Å²) in [7, 11) is 0. The van der Waals surface area contributed by atoms with Crippen molar-refractivity contribution in [2.24, 2.45) is 5.92 Å². The molecule has 0 spiro atoms. The van der Waals surface area contributed by atoms with Crippen LogP contribution in [0.15, 0.2) is 35.1 Å². The molecule has 0 bridgehead atoms. The van der Waals surface area contributed by atoms with E-state index in [1.807, 2.05) is 24.3 Å². The van der Waals surface area contributed by atoms with Crippen molar-refractivity contribution >= 4 is 11.6 Å². The van der Waals surface area contributed by atoms with E-state index in [-0.39, 0.29) is 5.91 Å². The molecule has 0 unspecified atom stereocenters. The number of hydrogen-bond acceptors (Lipinski definition) is 5. The van der Waals surface area contributed by atoms with Crippen LogP contribution in [0.1, 0.15) is 19.3 Å². The molecule has 2 aromatic rings. The van der Waals surface area contributed by atoms with Crippen LogP contribution in [0.2, 0.25) is 0 Å². The zero-order valence-electron chi connectivity index (χ0n) is 11.7. The Kier molecular flexibility index (Phi) is 4.25. The highest BCUT2D eigenvalue weighted by Crippen LogP contribution is 2.21. The molecule has 1 aliphatic heterocycles. The Morgan fingerprint density at radius 1 is 1.38 bits per heavy atom. The van der Waals surface area contributed by atoms with Gasteiger partial charge in [-0.25, -0.2) is 0 Å². The second-order valence-electron chi connectivity index (χ2n) is 5.27. The van der Waals surface area contributed by atoms with Gasteiger partial charge in [0.15, 0.2) is 0 Å². The maximum absolute atomic E-state index is 12.1. The number of aromatic nitrogens is 2. The van der Waals surface area contributed by atoms with Gasteiger partial charge in [-0.2, -0.15) is 0 Å². The second kappa shape index (κ2) is 6.49. The van der Waals surface area contributed by atoms with Crippen LogP contribution in [0.5, 0.6) is 0 Å². The largest absolute Gasteiger partial charge is 0.423 e. The second-order valence-corrected chi connectivity index (χ2v) is 5.27. The molecular formula is C15H18N4O2. The minimum atomic E-state index is 0.0598. The van der Waals surface area contributed by atoms with Crippen molar-refractivity contribution in [3.63, 3.8) is 0 Å². The highest BCUT2D eigenvalue weighted by Gasteiger charge is 2.17. The summed E-state index contributed by atoms with van der Waals surface area (Å²) in [6.45, 7) is 2.01. The minimum Gasteiger partial charge on any atom is -0.423 e. The summed E-state index contributed by atoms with van der Waals surface area (Å²) in [5.41, 5.74) is 1.55. The summed E-state index contributed by atoms with van der Waals surface area (Å²) in [5.74, 6) is 0.986. The van der Waals surface area contributed by atoms with Crippen LogP contribution in [-0.4, -0.2) is 29.2 Å². The van der Waals surface area contributed by atoms with Crippen molar-refractivity contribution in [3.05, 3.63) is 30.7 Å². The maximum Gasteiger partial charge on any atom is 0.247 e. The van der Waals surface area contributed by atoms with E-state index in [0.717, 1.165) is 37.2 Å². The molecule has 110 valence electrons. The molecule has 2 N–H and O–H groups in total. The Labute approximate surface area is 123 Å². The van der Waals surface area contributed by atoms with E-state index in [4.69, 9.17) is 4.42 Å². The normalized spacial score (nSPS) is 15.8. The zero-order chi connectivity index (χ0) is 14.5. The number of amides is 1. The van der Waals surface area contributed by atoms with E-state index < -0.39 is 0 Å². The maximum atomic E-state index is 12.1. The first-order valence-corrected chi connectivity index (χ1v) is 7.18. The van der Waals surface area contributed by atoms with E-state index in [1.54, 1.807) is 0 Å². The number of hydrogen-bond donors (Lipinski definition) is 2. The van der Waals surface area contributed by atoms with Crippen LogP contribution in [0.4, 0.5) is 5.69 Å². The van der Waals surface area contributed by atoms with Gasteiger partial charge >= 0.3 is 0 Å². The molecule has 0 atom stereocenters. The first kappa shape index (κ1) is 13.8. The van der Waals surface area contributed by atoms with Gasteiger partial charge in [0.05, 0.1) is 0 Å². The zero-order valence-corrected chi connectivity index (χ0v) is 11.7. The lowest BCUT2D eigenvalue weighted by Crippen LogP contribution is -2.30. The Morgan fingerprint density at radius 2 is 2.24 bits per heavy atom. The Bertz CT molecular complexity index is 591. The van der Waals surface area contributed by atoms with Gasteiger partial charge in [-0.1, -0.05) is 6.07 Å².